The van der Waals surface area contributed by atoms with Gasteiger partial charge < -0.3 is 29.3 Å². The van der Waals surface area contributed by atoms with Gasteiger partial charge in [0.1, 0.15) is 17.8 Å². The van der Waals surface area contributed by atoms with Crippen LogP contribution < -0.4 is 5.32 Å². The minimum Gasteiger partial charge on any atom is -0.448 e. The van der Waals surface area contributed by atoms with Gasteiger partial charge in [0.15, 0.2) is 0 Å². The van der Waals surface area contributed by atoms with E-state index in [4.69, 9.17) is 14.2 Å². The first kappa shape index (κ1) is 56.8. The summed E-state index contributed by atoms with van der Waals surface area (Å²) >= 11 is 0. The summed E-state index contributed by atoms with van der Waals surface area (Å²) in [5.74, 6) is 0. The van der Waals surface area contributed by atoms with Gasteiger partial charge in [0.05, 0.1) is 6.54 Å². The number of carbonyl (C=O) groups is 3. The lowest BCUT2D eigenvalue weighted by molar-refractivity contribution is 0.0186. The first-order chi connectivity index (χ1) is 28.8. The Morgan fingerprint density at radius 3 is 1.25 bits per heavy atom. The van der Waals surface area contributed by atoms with E-state index in [2.05, 4.69) is 67.8 Å². The Balaban J connectivity index is 4.87. The summed E-state index contributed by atoms with van der Waals surface area (Å²) in [4.78, 5) is 41.9. The fourth-order valence-electron chi connectivity index (χ4n) is 6.44. The maximum absolute atomic E-state index is 13.4. The van der Waals surface area contributed by atoms with E-state index >= 15 is 0 Å². The fourth-order valence-corrected chi connectivity index (χ4v) is 6.44. The highest BCUT2D eigenvalue weighted by Gasteiger charge is 2.24. The zero-order chi connectivity index (χ0) is 44.6. The number of nitrogens with zero attached hydrogens (tertiary/aromatic N) is 2. The van der Waals surface area contributed by atoms with Crippen LogP contribution in [0.5, 0.6) is 0 Å². The second kappa shape index (κ2) is 38.7. The molecular formula is C51H93N3O6. The molecule has 0 saturated heterocycles. The van der Waals surface area contributed by atoms with Crippen molar-refractivity contribution in [3.8, 4) is 0 Å². The molecular weight excluding hydrogens is 751 g/mol. The molecule has 348 valence electrons. The monoisotopic (exact) mass is 844 g/mol. The normalized spacial score (nSPS) is 12.3. The van der Waals surface area contributed by atoms with Crippen molar-refractivity contribution in [3.05, 3.63) is 48.6 Å². The number of hydrogen-bond donors (Lipinski definition) is 1. The Morgan fingerprint density at radius 1 is 0.450 bits per heavy atom. The Kier molecular flexibility index (Phi) is 36.6. The summed E-state index contributed by atoms with van der Waals surface area (Å²) in [7, 11) is 0. The van der Waals surface area contributed by atoms with E-state index in [-0.39, 0.29) is 32.3 Å². The van der Waals surface area contributed by atoms with Crippen LogP contribution >= 0.6 is 0 Å². The number of rotatable bonds is 36. The smallest absolute Gasteiger partial charge is 0.410 e. The van der Waals surface area contributed by atoms with Crippen LogP contribution in [0.4, 0.5) is 14.4 Å². The number of nitrogens with one attached hydrogen (secondary N) is 1. The van der Waals surface area contributed by atoms with Crippen molar-refractivity contribution in [2.45, 2.75) is 221 Å². The van der Waals surface area contributed by atoms with Crippen LogP contribution in [-0.2, 0) is 14.2 Å². The average Bonchev–Trinajstić information content (AvgIpc) is 3.17. The zero-order valence-corrected chi connectivity index (χ0v) is 40.2. The Bertz CT molecular complexity index is 1120. The molecule has 9 nitrogen and oxygen atoms in total. The van der Waals surface area contributed by atoms with E-state index in [1.807, 2.05) is 25.7 Å². The van der Waals surface area contributed by atoms with E-state index in [0.717, 1.165) is 51.4 Å². The molecule has 0 fully saturated rings. The molecule has 0 aliphatic carbocycles. The standard InChI is InChI=1S/C51H93N3O6/c1-9-11-13-15-17-19-21-23-25-27-29-31-33-35-37-39-42-53(43-40-38-36-34-32-30-28-26-24-22-20-18-16-14-12-10-2)48(56)58-46-45-54(49(57)60-51(6,7)8)44-41-52-47(55)59-50(3,4)5/h17-20,23-26H,9-16,21-22,27-46H2,1-8H3,(H,52,55)/b19-17-,20-18-,25-23-,26-24-. The predicted molar refractivity (Wildman–Crippen MR) is 254 cm³/mol. The molecule has 0 saturated carbocycles. The van der Waals surface area contributed by atoms with Crippen molar-refractivity contribution in [3.63, 3.8) is 0 Å². The number of ether oxygens (including phenoxy) is 3. The molecule has 9 heteroatoms. The molecule has 1 N–H and O–H groups in total. The summed E-state index contributed by atoms with van der Waals surface area (Å²) in [6.45, 7) is 17.2. The maximum Gasteiger partial charge on any atom is 0.410 e. The van der Waals surface area contributed by atoms with E-state index in [1.54, 1.807) is 20.8 Å². The lowest BCUT2D eigenvalue weighted by Gasteiger charge is -2.28. The van der Waals surface area contributed by atoms with Crippen molar-refractivity contribution >= 4 is 18.3 Å². The molecule has 0 aliphatic heterocycles. The number of hydrogen-bond acceptors (Lipinski definition) is 6. The summed E-state index contributed by atoms with van der Waals surface area (Å²) in [5, 5.41) is 2.69. The van der Waals surface area contributed by atoms with Crippen molar-refractivity contribution < 1.29 is 28.6 Å². The van der Waals surface area contributed by atoms with Crippen LogP contribution in [0.3, 0.4) is 0 Å². The van der Waals surface area contributed by atoms with E-state index < -0.39 is 23.4 Å². The fraction of sp³-hybridized carbons (Fsp3) is 0.784. The van der Waals surface area contributed by atoms with Gasteiger partial charge in [0, 0.05) is 26.2 Å². The zero-order valence-electron chi connectivity index (χ0n) is 40.2. The minimum atomic E-state index is -0.689. The molecule has 0 spiro atoms. The molecule has 0 bridgehead atoms. The third-order valence-electron chi connectivity index (χ3n) is 9.80. The van der Waals surface area contributed by atoms with Gasteiger partial charge in [0.2, 0.25) is 0 Å². The first-order valence-electron chi connectivity index (χ1n) is 24.3. The van der Waals surface area contributed by atoms with Crippen LogP contribution in [0.15, 0.2) is 48.6 Å². The van der Waals surface area contributed by atoms with Crippen molar-refractivity contribution in [1.82, 2.24) is 15.1 Å². The number of unbranched alkanes of at least 4 members (excludes halogenated alkanes) is 18. The van der Waals surface area contributed by atoms with Gasteiger partial charge >= 0.3 is 18.3 Å². The summed E-state index contributed by atoms with van der Waals surface area (Å²) in [6.07, 6.45) is 45.3. The van der Waals surface area contributed by atoms with Gasteiger partial charge in [-0.15, -0.1) is 0 Å². The number of allylic oxidation sites excluding steroid dienone is 8. The van der Waals surface area contributed by atoms with E-state index in [1.165, 1.54) is 108 Å². The Labute approximate surface area is 369 Å². The molecule has 0 unspecified atom stereocenters. The predicted octanol–water partition coefficient (Wildman–Crippen LogP) is 14.8. The molecule has 0 radical (unpaired) electrons. The number of alkyl carbamates (subject to hydrolysis) is 1. The van der Waals surface area contributed by atoms with E-state index in [9.17, 15) is 14.4 Å². The number of carbonyl (C=O) groups excluding carboxylic acids is 3. The highest BCUT2D eigenvalue weighted by Crippen LogP contribution is 2.14. The quantitative estimate of drug-likeness (QED) is 0.0383. The van der Waals surface area contributed by atoms with Gasteiger partial charge in [0.25, 0.3) is 0 Å². The van der Waals surface area contributed by atoms with Gasteiger partial charge in [-0.1, -0.05) is 140 Å². The molecule has 0 atom stereocenters. The molecule has 0 aliphatic rings. The lowest BCUT2D eigenvalue weighted by atomic mass is 10.1. The van der Waals surface area contributed by atoms with Gasteiger partial charge in [-0.2, -0.15) is 0 Å². The minimum absolute atomic E-state index is 0.0361. The first-order valence-corrected chi connectivity index (χ1v) is 24.3. The second-order valence-corrected chi connectivity index (χ2v) is 18.2. The van der Waals surface area contributed by atoms with Crippen LogP contribution in [-0.4, -0.2) is 78.6 Å². The third kappa shape index (κ3) is 40.2. The topological polar surface area (TPSA) is 97.4 Å². The van der Waals surface area contributed by atoms with Crippen LogP contribution in [0.1, 0.15) is 209 Å². The van der Waals surface area contributed by atoms with Gasteiger partial charge in [-0.05, 0) is 119 Å². The maximum atomic E-state index is 13.4. The molecule has 3 amide bonds. The highest BCUT2D eigenvalue weighted by molar-refractivity contribution is 5.70. The van der Waals surface area contributed by atoms with Crippen LogP contribution in [0.25, 0.3) is 0 Å². The molecule has 0 heterocycles. The molecule has 0 rings (SSSR count). The Hall–Kier alpha value is -3.23. The lowest BCUT2D eigenvalue weighted by Crippen LogP contribution is -2.44. The molecule has 0 aromatic heterocycles. The second-order valence-electron chi connectivity index (χ2n) is 18.2. The summed E-state index contributed by atoms with van der Waals surface area (Å²) < 4.78 is 16.7. The summed E-state index contributed by atoms with van der Waals surface area (Å²) in [6, 6.07) is 0. The van der Waals surface area contributed by atoms with Crippen molar-refractivity contribution in [2.24, 2.45) is 0 Å². The average molecular weight is 844 g/mol. The van der Waals surface area contributed by atoms with Gasteiger partial charge in [-0.3, -0.25) is 0 Å². The largest absolute Gasteiger partial charge is 0.448 e. The van der Waals surface area contributed by atoms with Crippen molar-refractivity contribution in [2.75, 3.05) is 39.3 Å². The highest BCUT2D eigenvalue weighted by atomic mass is 16.6. The van der Waals surface area contributed by atoms with E-state index in [0.29, 0.717) is 13.1 Å². The molecule has 0 aromatic rings. The SMILES string of the molecule is CCCCC/C=C\C/C=C\CCCCCCCCN(CCCCCCCC/C=C\C/C=C\CCCCC)C(=O)OCCN(CCNC(=O)OC(C)(C)C)C(=O)OC(C)(C)C. The summed E-state index contributed by atoms with van der Waals surface area (Å²) in [5.41, 5.74) is -1.31. The number of amides is 3. The Morgan fingerprint density at radius 2 is 0.833 bits per heavy atom. The molecule has 60 heavy (non-hydrogen) atoms. The van der Waals surface area contributed by atoms with Crippen molar-refractivity contribution in [1.29, 1.82) is 0 Å². The molecule has 0 aromatic carbocycles. The third-order valence-corrected chi connectivity index (χ3v) is 9.80. The van der Waals surface area contributed by atoms with Crippen LogP contribution in [0.2, 0.25) is 0 Å². The van der Waals surface area contributed by atoms with Gasteiger partial charge in [-0.25, -0.2) is 14.4 Å². The van der Waals surface area contributed by atoms with Crippen LogP contribution in [0, 0.1) is 0 Å².